The highest BCUT2D eigenvalue weighted by atomic mass is 16.5. The van der Waals surface area contributed by atoms with Gasteiger partial charge < -0.3 is 40.7 Å². The van der Waals surface area contributed by atoms with Crippen molar-refractivity contribution in [3.63, 3.8) is 0 Å². The number of phenolic OH excluding ortho intramolecular Hbond substituents is 1. The number of aliphatic hydroxyl groups is 1. The molecule has 15 heteroatoms. The van der Waals surface area contributed by atoms with Crippen molar-refractivity contribution in [3.05, 3.63) is 48.3 Å². The first kappa shape index (κ1) is 38.2. The summed E-state index contributed by atoms with van der Waals surface area (Å²) in [6, 6.07) is 7.64. The minimum Gasteiger partial charge on any atom is -0.507 e. The van der Waals surface area contributed by atoms with Crippen LogP contribution in [0.2, 0.25) is 0 Å². The third-order valence-corrected chi connectivity index (χ3v) is 11.8. The lowest BCUT2D eigenvalue weighted by Gasteiger charge is -2.42. The van der Waals surface area contributed by atoms with E-state index in [1.54, 1.807) is 19.1 Å². The number of nitrogen functional groups attached to an aromatic ring is 1. The number of nitrogens with zero attached hydrogens (tertiary/aromatic N) is 7. The monoisotopic (exact) mass is 755 g/mol. The Morgan fingerprint density at radius 1 is 0.982 bits per heavy atom. The summed E-state index contributed by atoms with van der Waals surface area (Å²) in [6.45, 7) is 9.03. The number of para-hydroxylation sites is 1. The predicted molar refractivity (Wildman–Crippen MR) is 206 cm³/mol. The Hall–Kier alpha value is -5.05. The van der Waals surface area contributed by atoms with Crippen LogP contribution in [0.3, 0.4) is 0 Å². The number of esters is 1. The number of fused-ring (bicyclic) bond motifs is 2. The van der Waals surface area contributed by atoms with E-state index in [1.165, 1.54) is 4.90 Å². The summed E-state index contributed by atoms with van der Waals surface area (Å²) in [5.74, 6) is 0.104. The summed E-state index contributed by atoms with van der Waals surface area (Å²) in [5, 5.41) is 32.2. The molecule has 4 aliphatic rings. The van der Waals surface area contributed by atoms with Crippen molar-refractivity contribution in [1.29, 1.82) is 0 Å². The van der Waals surface area contributed by atoms with E-state index in [0.717, 1.165) is 50.0 Å². The number of carbonyl (C=O) groups excluding carboxylic acids is 3. The van der Waals surface area contributed by atoms with Gasteiger partial charge in [-0.3, -0.25) is 9.59 Å². The van der Waals surface area contributed by atoms with E-state index in [1.807, 2.05) is 51.4 Å². The fourth-order valence-electron chi connectivity index (χ4n) is 8.85. The smallest absolute Gasteiger partial charge is 0.328 e. The summed E-state index contributed by atoms with van der Waals surface area (Å²) in [7, 11) is 0. The van der Waals surface area contributed by atoms with Crippen molar-refractivity contribution < 1.29 is 29.3 Å². The molecule has 5 N–H and O–H groups in total. The molecule has 3 aromatic rings. The highest BCUT2D eigenvalue weighted by molar-refractivity contribution is 5.92. The third-order valence-electron chi connectivity index (χ3n) is 11.8. The second-order valence-electron chi connectivity index (χ2n) is 16.5. The Morgan fingerprint density at radius 2 is 1.65 bits per heavy atom. The van der Waals surface area contributed by atoms with Gasteiger partial charge in [0.1, 0.15) is 17.8 Å². The second-order valence-corrected chi connectivity index (χ2v) is 16.5. The van der Waals surface area contributed by atoms with Gasteiger partial charge in [0.05, 0.1) is 24.1 Å². The maximum Gasteiger partial charge on any atom is 0.328 e. The van der Waals surface area contributed by atoms with Gasteiger partial charge in [0, 0.05) is 62.0 Å². The fourth-order valence-corrected chi connectivity index (χ4v) is 8.85. The normalized spacial score (nSPS) is 25.8. The maximum absolute atomic E-state index is 13.8. The third kappa shape index (κ3) is 7.89. The fraction of sp³-hybridized carbons (Fsp3) is 0.575. The van der Waals surface area contributed by atoms with Crippen molar-refractivity contribution in [3.8, 4) is 17.0 Å². The van der Waals surface area contributed by atoms with Crippen LogP contribution < -0.4 is 20.9 Å². The number of hydrogen-bond donors (Lipinski definition) is 4. The number of amides is 2. The van der Waals surface area contributed by atoms with Gasteiger partial charge in [0.15, 0.2) is 5.82 Å². The Kier molecular flexibility index (Phi) is 10.8. The SMILES string of the molecule is CCOC(=O)[C@@H]1C[C@@H](O)CN1C(=O)[C@@H](NC(=O)[C@H]1CC[C@H](c2cnc(N3C4CCC3CN(c3cc(-c5ccccc5O)nnc3N)C4)nc2)CC1)C(C)(C)C. The van der Waals surface area contributed by atoms with Crippen LogP contribution in [0.15, 0.2) is 42.7 Å². The molecule has 1 aromatic carbocycles. The van der Waals surface area contributed by atoms with Gasteiger partial charge in [-0.2, -0.15) is 0 Å². The van der Waals surface area contributed by atoms with Gasteiger partial charge in [0.25, 0.3) is 0 Å². The highest BCUT2D eigenvalue weighted by Crippen LogP contribution is 2.40. The van der Waals surface area contributed by atoms with E-state index in [0.29, 0.717) is 35.9 Å². The lowest BCUT2D eigenvalue weighted by atomic mass is 9.78. The molecule has 1 saturated carbocycles. The largest absolute Gasteiger partial charge is 0.507 e. The van der Waals surface area contributed by atoms with Crippen LogP contribution in [-0.4, -0.2) is 110 Å². The zero-order chi connectivity index (χ0) is 39.0. The van der Waals surface area contributed by atoms with Crippen LogP contribution in [0.25, 0.3) is 11.3 Å². The van der Waals surface area contributed by atoms with Crippen molar-refractivity contribution >= 4 is 35.2 Å². The Morgan fingerprint density at radius 3 is 2.29 bits per heavy atom. The highest BCUT2D eigenvalue weighted by Gasteiger charge is 2.46. The Labute approximate surface area is 321 Å². The number of aromatic nitrogens is 4. The number of aliphatic hydroxyl groups excluding tert-OH is 1. The quantitative estimate of drug-likeness (QED) is 0.232. The average Bonchev–Trinajstić information content (AvgIpc) is 3.69. The van der Waals surface area contributed by atoms with Crippen molar-refractivity contribution in [2.24, 2.45) is 11.3 Å². The van der Waals surface area contributed by atoms with Gasteiger partial charge in [-0.1, -0.05) is 32.9 Å². The van der Waals surface area contributed by atoms with Gasteiger partial charge in [-0.25, -0.2) is 14.8 Å². The maximum atomic E-state index is 13.8. The lowest BCUT2D eigenvalue weighted by Crippen LogP contribution is -2.57. The number of rotatable bonds is 9. The van der Waals surface area contributed by atoms with Crippen LogP contribution in [0.1, 0.15) is 84.1 Å². The first-order valence-corrected chi connectivity index (χ1v) is 19.5. The molecule has 4 fully saturated rings. The molecule has 3 saturated heterocycles. The van der Waals surface area contributed by atoms with Gasteiger partial charge in [-0.05, 0) is 80.5 Å². The van der Waals surface area contributed by atoms with E-state index in [2.05, 4.69) is 25.3 Å². The molecule has 55 heavy (non-hydrogen) atoms. The molecule has 2 bridgehead atoms. The summed E-state index contributed by atoms with van der Waals surface area (Å²) < 4.78 is 5.17. The minimum atomic E-state index is -0.873. The number of benzene rings is 1. The van der Waals surface area contributed by atoms with Crippen LogP contribution in [-0.2, 0) is 19.1 Å². The number of piperazine rings is 1. The predicted octanol–water partition coefficient (Wildman–Crippen LogP) is 3.41. The molecular formula is C40H53N9O6. The molecule has 1 aliphatic carbocycles. The Balaban J connectivity index is 0.953. The molecular weight excluding hydrogens is 702 g/mol. The summed E-state index contributed by atoms with van der Waals surface area (Å²) in [5.41, 5.74) is 8.75. The number of β-amino-alcohol motifs (C(OH)–C–C–N with tert-alkyl or cyclic N) is 1. The van der Waals surface area contributed by atoms with Gasteiger partial charge >= 0.3 is 5.97 Å². The van der Waals surface area contributed by atoms with E-state index in [-0.39, 0.29) is 61.1 Å². The summed E-state index contributed by atoms with van der Waals surface area (Å²) in [6.07, 6.45) is 8.11. The molecule has 0 radical (unpaired) electrons. The number of likely N-dealkylation sites (tertiary alicyclic amines) is 1. The molecule has 5 atom stereocenters. The van der Waals surface area contributed by atoms with E-state index in [9.17, 15) is 24.6 Å². The van der Waals surface area contributed by atoms with E-state index in [4.69, 9.17) is 20.4 Å². The lowest BCUT2D eigenvalue weighted by molar-refractivity contribution is -0.155. The first-order chi connectivity index (χ1) is 26.3. The first-order valence-electron chi connectivity index (χ1n) is 19.5. The number of carbonyl (C=O) groups is 3. The number of nitrogens with two attached hydrogens (primary N) is 1. The number of aromatic hydroxyl groups is 1. The van der Waals surface area contributed by atoms with Crippen LogP contribution in [0.5, 0.6) is 5.75 Å². The van der Waals surface area contributed by atoms with Crippen LogP contribution in [0.4, 0.5) is 17.5 Å². The molecule has 3 aliphatic heterocycles. The van der Waals surface area contributed by atoms with Crippen LogP contribution >= 0.6 is 0 Å². The number of ether oxygens (including phenoxy) is 1. The van der Waals surface area contributed by atoms with E-state index >= 15 is 0 Å². The molecule has 5 heterocycles. The molecule has 2 amide bonds. The van der Waals surface area contributed by atoms with Crippen molar-refractivity contribution in [2.75, 3.05) is 41.8 Å². The molecule has 294 valence electrons. The zero-order valence-electron chi connectivity index (χ0n) is 32.1. The Bertz CT molecular complexity index is 1870. The number of hydrogen-bond acceptors (Lipinski definition) is 13. The molecule has 0 spiro atoms. The van der Waals surface area contributed by atoms with Crippen molar-refractivity contribution in [1.82, 2.24) is 30.4 Å². The standard InChI is InChI=1S/C40H53N9O6/c1-5-55-38(54)32-16-28(50)22-48(32)37(53)34(40(2,3)4)44-36(52)24-12-10-23(11-13-24)25-18-42-39(43-19-25)49-26-14-15-27(49)21-47(20-26)31-17-30(45-46-35(31)41)29-8-6-7-9-33(29)51/h6-9,17-19,23-24,26-28,32,34,50-51H,5,10-16,20-22H2,1-4H3,(H2,41,46)(H,44,52)/t23-,24-,26?,27?,28-,32+,34-/m1/s1. The number of phenols is 1. The minimum absolute atomic E-state index is 0.0232. The average molecular weight is 756 g/mol. The zero-order valence-corrected chi connectivity index (χ0v) is 32.1. The summed E-state index contributed by atoms with van der Waals surface area (Å²) >= 11 is 0. The van der Waals surface area contributed by atoms with Crippen molar-refractivity contribution in [2.45, 2.75) is 109 Å². The molecule has 7 rings (SSSR count). The molecule has 2 aromatic heterocycles. The second kappa shape index (κ2) is 15.6. The topological polar surface area (TPSA) is 200 Å². The molecule has 15 nitrogen and oxygen atoms in total. The van der Waals surface area contributed by atoms with Crippen LogP contribution in [0, 0.1) is 11.3 Å². The molecule has 2 unspecified atom stereocenters. The number of anilines is 3. The van der Waals surface area contributed by atoms with Gasteiger partial charge in [0.2, 0.25) is 17.8 Å². The summed E-state index contributed by atoms with van der Waals surface area (Å²) in [4.78, 5) is 55.7. The van der Waals surface area contributed by atoms with E-state index < -0.39 is 29.6 Å². The van der Waals surface area contributed by atoms with Gasteiger partial charge in [-0.15, -0.1) is 10.2 Å². The number of nitrogens with one attached hydrogen (secondary N) is 1.